The lowest BCUT2D eigenvalue weighted by atomic mass is 10.1. The second kappa shape index (κ2) is 7.55. The molecular formula is C16H14BrClO5S. The van der Waals surface area contributed by atoms with Crippen LogP contribution >= 0.6 is 27.5 Å². The number of ether oxygens (including phenoxy) is 1. The van der Waals surface area contributed by atoms with Crippen molar-refractivity contribution >= 4 is 43.4 Å². The maximum Gasteiger partial charge on any atom is 0.343 e. The molecule has 5 nitrogen and oxygen atoms in total. The number of hydrogen-bond acceptors (Lipinski definition) is 5. The quantitative estimate of drug-likeness (QED) is 0.496. The summed E-state index contributed by atoms with van der Waals surface area (Å²) in [6.45, 7) is 1.69. The van der Waals surface area contributed by atoms with Crippen molar-refractivity contribution < 1.29 is 22.1 Å². The highest BCUT2D eigenvalue weighted by molar-refractivity contribution is 9.10. The number of methoxy groups -OCH3 is 1. The molecule has 0 amide bonds. The fourth-order valence-electron chi connectivity index (χ4n) is 2.04. The third-order valence-corrected chi connectivity index (χ3v) is 5.20. The number of carbonyl (C=O) groups excluding carboxylic acids is 1. The van der Waals surface area contributed by atoms with Gasteiger partial charge in [-0.05, 0) is 40.2 Å². The Balaban J connectivity index is 2.53. The van der Waals surface area contributed by atoms with Gasteiger partial charge >= 0.3 is 10.1 Å². The third kappa shape index (κ3) is 3.91. The van der Waals surface area contributed by atoms with Gasteiger partial charge in [0, 0.05) is 11.4 Å². The predicted molar refractivity (Wildman–Crippen MR) is 94.6 cm³/mol. The van der Waals surface area contributed by atoms with Crippen LogP contribution in [0.5, 0.6) is 11.5 Å². The zero-order valence-electron chi connectivity index (χ0n) is 12.9. The molecule has 2 rings (SSSR count). The molecular weight excluding hydrogens is 420 g/mol. The van der Waals surface area contributed by atoms with Crippen LogP contribution < -0.4 is 8.92 Å². The zero-order chi connectivity index (χ0) is 17.9. The summed E-state index contributed by atoms with van der Waals surface area (Å²) < 4.78 is 36.0. The Bertz CT molecular complexity index is 880. The summed E-state index contributed by atoms with van der Waals surface area (Å²) in [4.78, 5) is 11.7. The first-order valence-corrected chi connectivity index (χ1v) is 9.47. The average molecular weight is 434 g/mol. The van der Waals surface area contributed by atoms with E-state index in [1.165, 1.54) is 31.4 Å². The van der Waals surface area contributed by atoms with E-state index in [0.29, 0.717) is 4.47 Å². The monoisotopic (exact) mass is 432 g/mol. The lowest BCUT2D eigenvalue weighted by molar-refractivity contribution is 0.0986. The molecule has 0 aliphatic heterocycles. The molecule has 0 aromatic heterocycles. The van der Waals surface area contributed by atoms with Crippen LogP contribution in [0.15, 0.2) is 45.8 Å². The van der Waals surface area contributed by atoms with E-state index in [4.69, 9.17) is 20.5 Å². The topological polar surface area (TPSA) is 69.7 Å². The third-order valence-electron chi connectivity index (χ3n) is 3.16. The molecule has 0 fully saturated rings. The normalized spacial score (nSPS) is 11.2. The average Bonchev–Trinajstić information content (AvgIpc) is 2.53. The Hall–Kier alpha value is -1.57. The second-order valence-corrected chi connectivity index (χ2v) is 7.53. The van der Waals surface area contributed by atoms with Gasteiger partial charge in [-0.15, -0.1) is 0 Å². The van der Waals surface area contributed by atoms with Crippen molar-refractivity contribution in [3.05, 3.63) is 51.5 Å². The van der Waals surface area contributed by atoms with E-state index in [0.717, 1.165) is 0 Å². The number of ketones is 1. The fourth-order valence-corrected chi connectivity index (χ4v) is 4.37. The van der Waals surface area contributed by atoms with Crippen LogP contribution in [0.2, 0.25) is 5.02 Å². The molecule has 0 aliphatic carbocycles. The molecule has 8 heteroatoms. The lowest BCUT2D eigenvalue weighted by Gasteiger charge is -2.14. The van der Waals surface area contributed by atoms with Crippen molar-refractivity contribution in [2.75, 3.05) is 7.11 Å². The molecule has 0 unspecified atom stereocenters. The first-order chi connectivity index (χ1) is 11.3. The summed E-state index contributed by atoms with van der Waals surface area (Å²) in [6, 6.07) is 8.90. The van der Waals surface area contributed by atoms with Crippen LogP contribution in [0, 0.1) is 0 Å². The molecule has 0 bridgehead atoms. The van der Waals surface area contributed by atoms with Gasteiger partial charge in [-0.3, -0.25) is 4.79 Å². The first kappa shape index (κ1) is 18.8. The van der Waals surface area contributed by atoms with Crippen molar-refractivity contribution in [3.8, 4) is 11.5 Å². The lowest BCUT2D eigenvalue weighted by Crippen LogP contribution is -2.13. The zero-order valence-corrected chi connectivity index (χ0v) is 16.0. The van der Waals surface area contributed by atoms with Crippen LogP contribution in [0.3, 0.4) is 0 Å². The first-order valence-electron chi connectivity index (χ1n) is 6.90. The number of halogens is 2. The number of benzene rings is 2. The van der Waals surface area contributed by atoms with Gasteiger partial charge in [0.2, 0.25) is 0 Å². The molecule has 128 valence electrons. The van der Waals surface area contributed by atoms with Crippen LogP contribution in [0.25, 0.3) is 0 Å². The largest absolute Gasteiger partial charge is 0.494 e. The number of hydrogen-bond donors (Lipinski definition) is 0. The predicted octanol–water partition coefficient (Wildman–Crippen LogP) is 4.47. The van der Waals surface area contributed by atoms with Gasteiger partial charge in [0.25, 0.3) is 0 Å². The fraction of sp³-hybridized carbons (Fsp3) is 0.188. The van der Waals surface area contributed by atoms with Crippen LogP contribution in [-0.2, 0) is 10.1 Å². The van der Waals surface area contributed by atoms with Gasteiger partial charge in [0.05, 0.1) is 17.1 Å². The number of Topliss-reactive ketones (excluding diaryl/α,β-unsaturated/α-hetero) is 1. The van der Waals surface area contributed by atoms with E-state index in [1.807, 2.05) is 0 Å². The molecule has 0 saturated heterocycles. The minimum absolute atomic E-state index is 0.0394. The summed E-state index contributed by atoms with van der Waals surface area (Å²) in [6.07, 6.45) is 0.229. The SMILES string of the molecule is CCC(=O)c1ccccc1OS(=O)(=O)c1cc(Cl)cc(Br)c1OC. The van der Waals surface area contributed by atoms with Crippen molar-refractivity contribution in [2.45, 2.75) is 18.2 Å². The highest BCUT2D eigenvalue weighted by Crippen LogP contribution is 2.37. The highest BCUT2D eigenvalue weighted by atomic mass is 79.9. The van der Waals surface area contributed by atoms with Gasteiger partial charge in [-0.2, -0.15) is 8.42 Å². The molecule has 24 heavy (non-hydrogen) atoms. The minimum atomic E-state index is -4.26. The Morgan fingerprint density at radius 2 is 1.92 bits per heavy atom. The minimum Gasteiger partial charge on any atom is -0.494 e. The van der Waals surface area contributed by atoms with Crippen molar-refractivity contribution in [1.82, 2.24) is 0 Å². The van der Waals surface area contributed by atoms with Gasteiger partial charge in [-0.25, -0.2) is 0 Å². The summed E-state index contributed by atoms with van der Waals surface area (Å²) in [5, 5.41) is 0.197. The molecule has 2 aromatic carbocycles. The highest BCUT2D eigenvalue weighted by Gasteiger charge is 2.26. The van der Waals surface area contributed by atoms with E-state index in [9.17, 15) is 13.2 Å². The van der Waals surface area contributed by atoms with Gasteiger partial charge in [-0.1, -0.05) is 30.7 Å². The van der Waals surface area contributed by atoms with Crippen LogP contribution in [0.1, 0.15) is 23.7 Å². The Kier molecular flexibility index (Phi) is 5.90. The number of rotatable bonds is 6. The Morgan fingerprint density at radius 1 is 1.25 bits per heavy atom. The van der Waals surface area contributed by atoms with E-state index < -0.39 is 10.1 Å². The molecule has 0 radical (unpaired) electrons. The van der Waals surface area contributed by atoms with Gasteiger partial charge in [0.1, 0.15) is 0 Å². The molecule has 0 spiro atoms. The summed E-state index contributed by atoms with van der Waals surface area (Å²) >= 11 is 9.13. The smallest absolute Gasteiger partial charge is 0.343 e. The van der Waals surface area contributed by atoms with Crippen LogP contribution in [0.4, 0.5) is 0 Å². The molecule has 0 atom stereocenters. The summed E-state index contributed by atoms with van der Waals surface area (Å²) in [5.74, 6) is -0.193. The second-order valence-electron chi connectivity index (χ2n) is 4.73. The van der Waals surface area contributed by atoms with Gasteiger partial charge < -0.3 is 8.92 Å². The van der Waals surface area contributed by atoms with E-state index in [-0.39, 0.29) is 39.2 Å². The molecule has 0 aliphatic rings. The summed E-state index contributed by atoms with van der Waals surface area (Å²) in [7, 11) is -2.92. The standard InChI is InChI=1S/C16H14BrClO5S/c1-3-13(19)11-6-4-5-7-14(11)23-24(20,21)15-9-10(18)8-12(17)16(15)22-2/h4-9H,3H2,1-2H3. The molecule has 2 aromatic rings. The number of para-hydroxylation sites is 1. The molecule has 0 saturated carbocycles. The van der Waals surface area contributed by atoms with Crippen molar-refractivity contribution in [2.24, 2.45) is 0 Å². The van der Waals surface area contributed by atoms with E-state index in [2.05, 4.69) is 15.9 Å². The van der Waals surface area contributed by atoms with Crippen molar-refractivity contribution in [1.29, 1.82) is 0 Å². The Labute approximate surface area is 153 Å². The van der Waals surface area contributed by atoms with E-state index >= 15 is 0 Å². The van der Waals surface area contributed by atoms with E-state index in [1.54, 1.807) is 19.1 Å². The molecule has 0 heterocycles. The van der Waals surface area contributed by atoms with Crippen molar-refractivity contribution in [3.63, 3.8) is 0 Å². The summed E-state index contributed by atoms with van der Waals surface area (Å²) in [5.41, 5.74) is 0.198. The van der Waals surface area contributed by atoms with Crippen LogP contribution in [-0.4, -0.2) is 21.3 Å². The maximum atomic E-state index is 12.7. The molecule has 0 N–H and O–H groups in total. The van der Waals surface area contributed by atoms with Gasteiger partial charge in [0.15, 0.2) is 22.2 Å². The number of carbonyl (C=O) groups is 1. The maximum absolute atomic E-state index is 12.7. The Morgan fingerprint density at radius 3 is 2.54 bits per heavy atom.